The van der Waals surface area contributed by atoms with E-state index in [9.17, 15) is 26.4 Å². The molecule has 0 heterocycles. The summed E-state index contributed by atoms with van der Waals surface area (Å²) < 4.78 is 68.2. The molecule has 0 saturated heterocycles. The summed E-state index contributed by atoms with van der Waals surface area (Å²) in [7, 11) is -8.12. The van der Waals surface area contributed by atoms with Crippen molar-refractivity contribution in [3.05, 3.63) is 84.4 Å². The number of hydrogen-bond acceptors (Lipinski definition) is 8. The van der Waals surface area contributed by atoms with Crippen LogP contribution in [0.1, 0.15) is 47.1 Å². The fourth-order valence-corrected chi connectivity index (χ4v) is 5.93. The zero-order valence-corrected chi connectivity index (χ0v) is 26.5. The highest BCUT2D eigenvalue weighted by atomic mass is 32.2. The van der Waals surface area contributed by atoms with Gasteiger partial charge in [0, 0.05) is 6.42 Å². The molecule has 0 bridgehead atoms. The Morgan fingerprint density at radius 3 is 1.49 bits per heavy atom. The summed E-state index contributed by atoms with van der Waals surface area (Å²) in [5.74, 6) is -0.764. The first-order valence-corrected chi connectivity index (χ1v) is 16.3. The van der Waals surface area contributed by atoms with Crippen molar-refractivity contribution in [3.8, 4) is 0 Å². The number of rotatable bonds is 10. The van der Waals surface area contributed by atoms with Crippen LogP contribution in [0.4, 0.5) is 16.2 Å². The second-order valence-electron chi connectivity index (χ2n) is 11.7. The first-order valence-electron chi connectivity index (χ1n) is 13.4. The first kappa shape index (κ1) is 33.4. The number of alkyl carbamates (subject to hydrolysis) is 1. The summed E-state index contributed by atoms with van der Waals surface area (Å²) in [6, 6.07) is 18.2. The van der Waals surface area contributed by atoms with Gasteiger partial charge in [0.05, 0.1) is 21.2 Å². The molecule has 3 N–H and O–H groups in total. The largest absolute Gasteiger partial charge is 0.458 e. The van der Waals surface area contributed by atoms with E-state index in [0.29, 0.717) is 5.56 Å². The third kappa shape index (κ3) is 10.6. The number of esters is 1. The van der Waals surface area contributed by atoms with Crippen molar-refractivity contribution in [2.24, 2.45) is 0 Å². The van der Waals surface area contributed by atoms with Gasteiger partial charge in [0.15, 0.2) is 0 Å². The molecular formula is C30H37N3O8S2. The van der Waals surface area contributed by atoms with Crippen molar-refractivity contribution >= 4 is 43.5 Å². The number of ether oxygens (including phenoxy) is 2. The van der Waals surface area contributed by atoms with Crippen molar-refractivity contribution in [3.63, 3.8) is 0 Å². The van der Waals surface area contributed by atoms with Crippen LogP contribution in [0.2, 0.25) is 0 Å². The highest BCUT2D eigenvalue weighted by Crippen LogP contribution is 2.26. The maximum atomic E-state index is 13.1. The summed E-state index contributed by atoms with van der Waals surface area (Å²) >= 11 is 0. The molecule has 1 atom stereocenters. The van der Waals surface area contributed by atoms with E-state index in [2.05, 4.69) is 14.8 Å². The standard InChI is InChI=1S/C30H37N3O8S2/c1-29(2,3)40-27(34)26(31-28(35)41-30(4,5)6)19-21-17-22(32-42(36,37)24-13-9-7-10-14-24)20-23(18-21)33-43(38,39)25-15-11-8-12-16-25/h7-18,20,26,32-33H,19H2,1-6H3,(H,31,35)/t26-/m0/s1. The molecule has 3 aromatic carbocycles. The van der Waals surface area contributed by atoms with Crippen molar-refractivity contribution in [1.82, 2.24) is 5.32 Å². The minimum Gasteiger partial charge on any atom is -0.458 e. The quantitative estimate of drug-likeness (QED) is 0.262. The van der Waals surface area contributed by atoms with Gasteiger partial charge in [0.25, 0.3) is 20.0 Å². The number of carbonyl (C=O) groups excluding carboxylic acids is 2. The molecule has 3 aromatic rings. The van der Waals surface area contributed by atoms with Crippen LogP contribution in [0.25, 0.3) is 0 Å². The van der Waals surface area contributed by atoms with Crippen LogP contribution in [0.3, 0.4) is 0 Å². The summed E-state index contributed by atoms with van der Waals surface area (Å²) in [5, 5.41) is 2.52. The van der Waals surface area contributed by atoms with Crippen LogP contribution in [-0.2, 0) is 40.7 Å². The van der Waals surface area contributed by atoms with Crippen LogP contribution < -0.4 is 14.8 Å². The van der Waals surface area contributed by atoms with Crippen molar-refractivity contribution in [2.75, 3.05) is 9.44 Å². The molecule has 3 rings (SSSR count). The Morgan fingerprint density at radius 2 is 1.09 bits per heavy atom. The monoisotopic (exact) mass is 631 g/mol. The van der Waals surface area contributed by atoms with E-state index in [4.69, 9.17) is 9.47 Å². The summed E-state index contributed by atoms with van der Waals surface area (Å²) in [6.45, 7) is 10.0. The highest BCUT2D eigenvalue weighted by molar-refractivity contribution is 7.93. The van der Waals surface area contributed by atoms with Gasteiger partial charge in [0.1, 0.15) is 17.2 Å². The lowest BCUT2D eigenvalue weighted by Gasteiger charge is -2.26. The molecule has 232 valence electrons. The van der Waals surface area contributed by atoms with Crippen molar-refractivity contribution < 1.29 is 35.9 Å². The smallest absolute Gasteiger partial charge is 0.408 e. The average molecular weight is 632 g/mol. The van der Waals surface area contributed by atoms with Crippen LogP contribution in [0.15, 0.2) is 88.7 Å². The number of hydrogen-bond donors (Lipinski definition) is 3. The predicted octanol–water partition coefficient (Wildman–Crippen LogP) is 5.07. The van der Waals surface area contributed by atoms with Crippen LogP contribution >= 0.6 is 0 Å². The highest BCUT2D eigenvalue weighted by Gasteiger charge is 2.29. The topological polar surface area (TPSA) is 157 Å². The molecule has 0 aromatic heterocycles. The van der Waals surface area contributed by atoms with E-state index in [0.717, 1.165) is 0 Å². The molecule has 0 radical (unpaired) electrons. The number of amides is 1. The first-order chi connectivity index (χ1) is 19.8. The van der Waals surface area contributed by atoms with Crippen molar-refractivity contribution in [1.29, 1.82) is 0 Å². The normalized spacial score (nSPS) is 13.0. The van der Waals surface area contributed by atoms with Gasteiger partial charge in [-0.1, -0.05) is 36.4 Å². The summed E-state index contributed by atoms with van der Waals surface area (Å²) in [5.41, 5.74) is -1.37. The van der Waals surface area contributed by atoms with Gasteiger partial charge in [0.2, 0.25) is 0 Å². The van der Waals surface area contributed by atoms with E-state index in [1.54, 1.807) is 77.9 Å². The SMILES string of the molecule is CC(C)(C)OC(=O)N[C@@H](Cc1cc(NS(=O)(=O)c2ccccc2)cc(NS(=O)(=O)c2ccccc2)c1)C(=O)OC(C)(C)C. The minimum absolute atomic E-state index is 0.00922. The number of sulfonamides is 2. The Hall–Kier alpha value is -4.10. The fraction of sp³-hybridized carbons (Fsp3) is 0.333. The van der Waals surface area contributed by atoms with Gasteiger partial charge >= 0.3 is 12.1 Å². The van der Waals surface area contributed by atoms with E-state index >= 15 is 0 Å². The molecule has 0 spiro atoms. The number of carbonyl (C=O) groups is 2. The second-order valence-corrected chi connectivity index (χ2v) is 15.1. The average Bonchev–Trinajstić information content (AvgIpc) is 2.86. The van der Waals surface area contributed by atoms with Crippen LogP contribution in [0.5, 0.6) is 0 Å². The van der Waals surface area contributed by atoms with E-state index in [-0.39, 0.29) is 27.6 Å². The Morgan fingerprint density at radius 1 is 0.674 bits per heavy atom. The molecule has 11 nitrogen and oxygen atoms in total. The molecule has 0 aliphatic rings. The molecule has 1 amide bonds. The summed E-state index contributed by atoms with van der Waals surface area (Å²) in [4.78, 5) is 25.8. The number of anilines is 2. The van der Waals surface area contributed by atoms with E-state index < -0.39 is 49.4 Å². The van der Waals surface area contributed by atoms with E-state index in [1.807, 2.05) is 0 Å². The Balaban J connectivity index is 2.04. The summed E-state index contributed by atoms with van der Waals surface area (Å²) in [6.07, 6.45) is -1.05. The molecule has 0 aliphatic carbocycles. The lowest BCUT2D eigenvalue weighted by Crippen LogP contribution is -2.47. The lowest BCUT2D eigenvalue weighted by atomic mass is 10.0. The predicted molar refractivity (Wildman–Crippen MR) is 164 cm³/mol. The van der Waals surface area contributed by atoms with Gasteiger partial charge in [-0.15, -0.1) is 0 Å². The van der Waals surface area contributed by atoms with E-state index in [1.165, 1.54) is 42.5 Å². The molecular weight excluding hydrogens is 594 g/mol. The molecule has 0 saturated carbocycles. The van der Waals surface area contributed by atoms with Gasteiger partial charge < -0.3 is 14.8 Å². The zero-order valence-electron chi connectivity index (χ0n) is 24.9. The molecule has 0 unspecified atom stereocenters. The maximum Gasteiger partial charge on any atom is 0.408 e. The third-order valence-corrected chi connectivity index (χ3v) is 8.22. The van der Waals surface area contributed by atoms with Crippen LogP contribution in [0, 0.1) is 0 Å². The fourth-order valence-electron chi connectivity index (χ4n) is 3.81. The number of nitrogens with one attached hydrogen (secondary N) is 3. The second kappa shape index (κ2) is 13.0. The zero-order chi connectivity index (χ0) is 32.1. The minimum atomic E-state index is -4.06. The van der Waals surface area contributed by atoms with Gasteiger partial charge in [-0.05, 0) is 89.6 Å². The van der Waals surface area contributed by atoms with Gasteiger partial charge in [-0.25, -0.2) is 26.4 Å². The Labute approximate surface area is 253 Å². The van der Waals surface area contributed by atoms with Gasteiger partial charge in [-0.3, -0.25) is 9.44 Å². The Bertz CT molecular complexity index is 1560. The molecule has 0 aliphatic heterocycles. The maximum absolute atomic E-state index is 13.1. The van der Waals surface area contributed by atoms with Gasteiger partial charge in [-0.2, -0.15) is 0 Å². The molecule has 13 heteroatoms. The van der Waals surface area contributed by atoms with Crippen LogP contribution in [-0.4, -0.2) is 46.1 Å². The Kier molecular flexibility index (Phi) is 10.1. The third-order valence-electron chi connectivity index (χ3n) is 5.43. The number of benzene rings is 3. The molecule has 43 heavy (non-hydrogen) atoms. The lowest BCUT2D eigenvalue weighted by molar-refractivity contribution is -0.157. The van der Waals surface area contributed by atoms with Crippen molar-refractivity contribution in [2.45, 2.75) is 75.0 Å². The molecule has 0 fully saturated rings.